The van der Waals surface area contributed by atoms with Crippen molar-refractivity contribution in [1.82, 2.24) is 5.32 Å². The van der Waals surface area contributed by atoms with Gasteiger partial charge in [-0.3, -0.25) is 0 Å². The van der Waals surface area contributed by atoms with Crippen LogP contribution in [0.3, 0.4) is 0 Å². The van der Waals surface area contributed by atoms with Crippen LogP contribution in [0.1, 0.15) is 16.7 Å². The molecule has 1 aromatic carbocycles. The zero-order valence-electron chi connectivity index (χ0n) is 7.75. The average Bonchev–Trinajstić information content (AvgIpc) is 2.61. The number of hydrogen-bond acceptors (Lipinski definition) is 2. The molecule has 0 aromatic heterocycles. The van der Waals surface area contributed by atoms with Crippen LogP contribution >= 0.6 is 0 Å². The number of amides is 2. The van der Waals surface area contributed by atoms with Crippen molar-refractivity contribution in [3.8, 4) is 0 Å². The van der Waals surface area contributed by atoms with Gasteiger partial charge in [-0.05, 0) is 16.7 Å². The molecule has 1 aliphatic rings. The first-order valence-electron chi connectivity index (χ1n) is 4.47. The zero-order chi connectivity index (χ0) is 9.97. The van der Waals surface area contributed by atoms with E-state index in [0.29, 0.717) is 19.8 Å². The van der Waals surface area contributed by atoms with Crippen LogP contribution in [0.4, 0.5) is 4.79 Å². The predicted octanol–water partition coefficient (Wildman–Crippen LogP) is 0.885. The van der Waals surface area contributed by atoms with E-state index in [0.717, 1.165) is 5.56 Å². The number of fused-ring (bicyclic) bond motifs is 1. The van der Waals surface area contributed by atoms with E-state index in [4.69, 9.17) is 10.5 Å². The molecule has 4 nitrogen and oxygen atoms in total. The van der Waals surface area contributed by atoms with E-state index >= 15 is 0 Å². The first kappa shape index (κ1) is 9.02. The summed E-state index contributed by atoms with van der Waals surface area (Å²) < 4.78 is 5.28. The van der Waals surface area contributed by atoms with E-state index in [1.165, 1.54) is 11.1 Å². The van der Waals surface area contributed by atoms with Crippen LogP contribution in [0, 0.1) is 0 Å². The number of nitrogens with one attached hydrogen (secondary N) is 1. The Hall–Kier alpha value is -1.55. The Kier molecular flexibility index (Phi) is 2.37. The van der Waals surface area contributed by atoms with Gasteiger partial charge < -0.3 is 15.8 Å². The fraction of sp³-hybridized carbons (Fsp3) is 0.300. The van der Waals surface area contributed by atoms with Gasteiger partial charge in [0.05, 0.1) is 13.2 Å². The molecule has 74 valence electrons. The molecule has 1 heterocycles. The molecule has 3 N–H and O–H groups in total. The van der Waals surface area contributed by atoms with Crippen LogP contribution in [-0.2, 0) is 24.5 Å². The minimum Gasteiger partial charge on any atom is -0.372 e. The SMILES string of the molecule is NC(=O)NCc1ccc2c(c1)COC2. The van der Waals surface area contributed by atoms with Crippen molar-refractivity contribution >= 4 is 6.03 Å². The second-order valence-electron chi connectivity index (χ2n) is 3.31. The number of benzene rings is 1. The van der Waals surface area contributed by atoms with E-state index in [2.05, 4.69) is 5.32 Å². The Bertz CT molecular complexity index is 363. The highest BCUT2D eigenvalue weighted by Gasteiger charge is 2.10. The average molecular weight is 192 g/mol. The Morgan fingerprint density at radius 2 is 2.21 bits per heavy atom. The summed E-state index contributed by atoms with van der Waals surface area (Å²) in [5, 5.41) is 2.55. The second kappa shape index (κ2) is 3.67. The minimum absolute atomic E-state index is 0.475. The molecular weight excluding hydrogens is 180 g/mol. The molecule has 1 aromatic rings. The topological polar surface area (TPSA) is 64.4 Å². The van der Waals surface area contributed by atoms with E-state index in [9.17, 15) is 4.79 Å². The molecule has 0 saturated heterocycles. The number of nitrogens with two attached hydrogens (primary N) is 1. The maximum atomic E-state index is 10.5. The Labute approximate surface area is 82.1 Å². The summed E-state index contributed by atoms with van der Waals surface area (Å²) in [6.45, 7) is 1.83. The van der Waals surface area contributed by atoms with E-state index < -0.39 is 6.03 Å². The Morgan fingerprint density at radius 1 is 1.43 bits per heavy atom. The fourth-order valence-electron chi connectivity index (χ4n) is 1.52. The van der Waals surface area contributed by atoms with Crippen LogP contribution < -0.4 is 11.1 Å². The molecule has 0 aliphatic carbocycles. The monoisotopic (exact) mass is 192 g/mol. The number of primary amides is 1. The molecule has 0 atom stereocenters. The molecule has 0 fully saturated rings. The second-order valence-corrected chi connectivity index (χ2v) is 3.31. The third kappa shape index (κ3) is 1.85. The molecule has 0 spiro atoms. The predicted molar refractivity (Wildman–Crippen MR) is 51.4 cm³/mol. The highest BCUT2D eigenvalue weighted by Crippen LogP contribution is 2.20. The molecule has 4 heteroatoms. The third-order valence-corrected chi connectivity index (χ3v) is 2.25. The Balaban J connectivity index is 2.09. The van der Waals surface area contributed by atoms with Gasteiger partial charge in [0, 0.05) is 6.54 Å². The summed E-state index contributed by atoms with van der Waals surface area (Å²) in [6.07, 6.45) is 0. The molecule has 1 aliphatic heterocycles. The summed E-state index contributed by atoms with van der Waals surface area (Å²) in [4.78, 5) is 10.5. The number of rotatable bonds is 2. The first-order valence-corrected chi connectivity index (χ1v) is 4.47. The van der Waals surface area contributed by atoms with E-state index in [-0.39, 0.29) is 0 Å². The van der Waals surface area contributed by atoms with Gasteiger partial charge in [0.1, 0.15) is 0 Å². The van der Waals surface area contributed by atoms with Crippen LogP contribution in [-0.4, -0.2) is 6.03 Å². The standard InChI is InChI=1S/C10H12N2O2/c11-10(13)12-4-7-1-2-8-5-14-6-9(8)3-7/h1-3H,4-6H2,(H3,11,12,13). The lowest BCUT2D eigenvalue weighted by molar-refractivity contribution is 0.134. The maximum absolute atomic E-state index is 10.5. The summed E-state index contributed by atoms with van der Waals surface area (Å²) in [7, 11) is 0. The lowest BCUT2D eigenvalue weighted by atomic mass is 10.1. The molecule has 0 radical (unpaired) electrons. The van der Waals surface area contributed by atoms with Crippen molar-refractivity contribution in [2.45, 2.75) is 19.8 Å². The summed E-state index contributed by atoms with van der Waals surface area (Å²) in [6, 6.07) is 5.55. The quantitative estimate of drug-likeness (QED) is 0.730. The largest absolute Gasteiger partial charge is 0.372 e. The van der Waals surface area contributed by atoms with Crippen molar-refractivity contribution in [3.63, 3.8) is 0 Å². The number of ether oxygens (including phenoxy) is 1. The van der Waals surface area contributed by atoms with Crippen molar-refractivity contribution in [1.29, 1.82) is 0 Å². The highest BCUT2D eigenvalue weighted by molar-refractivity contribution is 5.71. The van der Waals surface area contributed by atoms with Gasteiger partial charge in [0.25, 0.3) is 0 Å². The smallest absolute Gasteiger partial charge is 0.312 e. The van der Waals surface area contributed by atoms with Crippen LogP contribution in [0.15, 0.2) is 18.2 Å². The minimum atomic E-state index is -0.498. The molecule has 14 heavy (non-hydrogen) atoms. The lowest BCUT2D eigenvalue weighted by Gasteiger charge is -2.03. The van der Waals surface area contributed by atoms with Gasteiger partial charge in [-0.25, -0.2) is 4.79 Å². The van der Waals surface area contributed by atoms with Gasteiger partial charge in [-0.1, -0.05) is 18.2 Å². The molecule has 2 rings (SSSR count). The molecular formula is C10H12N2O2. The molecule has 0 unspecified atom stereocenters. The van der Waals surface area contributed by atoms with Gasteiger partial charge >= 0.3 is 6.03 Å². The van der Waals surface area contributed by atoms with Gasteiger partial charge in [-0.15, -0.1) is 0 Å². The van der Waals surface area contributed by atoms with Gasteiger partial charge in [0.15, 0.2) is 0 Å². The molecule has 2 amide bonds. The van der Waals surface area contributed by atoms with Gasteiger partial charge in [0.2, 0.25) is 0 Å². The summed E-state index contributed by atoms with van der Waals surface area (Å²) >= 11 is 0. The summed E-state index contributed by atoms with van der Waals surface area (Å²) in [5.74, 6) is 0. The van der Waals surface area contributed by atoms with Crippen LogP contribution in [0.2, 0.25) is 0 Å². The zero-order valence-corrected chi connectivity index (χ0v) is 7.75. The van der Waals surface area contributed by atoms with Crippen LogP contribution in [0.25, 0.3) is 0 Å². The normalized spacial score (nSPS) is 13.7. The number of carbonyl (C=O) groups is 1. The number of carbonyl (C=O) groups excluding carboxylic acids is 1. The molecule has 0 bridgehead atoms. The van der Waals surface area contributed by atoms with Crippen molar-refractivity contribution in [3.05, 3.63) is 34.9 Å². The summed E-state index contributed by atoms with van der Waals surface area (Å²) in [5.41, 5.74) is 8.46. The fourth-order valence-corrected chi connectivity index (χ4v) is 1.52. The number of urea groups is 1. The van der Waals surface area contributed by atoms with Gasteiger partial charge in [-0.2, -0.15) is 0 Å². The molecule has 0 saturated carbocycles. The third-order valence-electron chi connectivity index (χ3n) is 2.25. The van der Waals surface area contributed by atoms with Crippen LogP contribution in [0.5, 0.6) is 0 Å². The Morgan fingerprint density at radius 3 is 3.00 bits per heavy atom. The van der Waals surface area contributed by atoms with Crippen molar-refractivity contribution in [2.75, 3.05) is 0 Å². The lowest BCUT2D eigenvalue weighted by Crippen LogP contribution is -2.28. The van der Waals surface area contributed by atoms with E-state index in [1.807, 2.05) is 18.2 Å². The van der Waals surface area contributed by atoms with Crippen molar-refractivity contribution in [2.24, 2.45) is 5.73 Å². The first-order chi connectivity index (χ1) is 6.75. The number of hydrogen-bond donors (Lipinski definition) is 2. The van der Waals surface area contributed by atoms with E-state index in [1.54, 1.807) is 0 Å². The van der Waals surface area contributed by atoms with Crippen molar-refractivity contribution < 1.29 is 9.53 Å². The highest BCUT2D eigenvalue weighted by atomic mass is 16.5. The maximum Gasteiger partial charge on any atom is 0.312 e.